The minimum absolute atomic E-state index is 0. The van der Waals surface area contributed by atoms with Crippen LogP contribution in [0.2, 0.25) is 0 Å². The Morgan fingerprint density at radius 3 is 2.78 bits per heavy atom. The van der Waals surface area contributed by atoms with Gasteiger partial charge in [-0.1, -0.05) is 18.2 Å². The van der Waals surface area contributed by atoms with Crippen LogP contribution in [0.1, 0.15) is 23.2 Å². The second-order valence-corrected chi connectivity index (χ2v) is 6.41. The lowest BCUT2D eigenvalue weighted by atomic mass is 9.86. The Morgan fingerprint density at radius 2 is 2.04 bits per heavy atom. The van der Waals surface area contributed by atoms with E-state index in [1.54, 1.807) is 10.9 Å². The fraction of sp³-hybridized carbons (Fsp3) is 0.412. The predicted molar refractivity (Wildman–Crippen MR) is 91.3 cm³/mol. The summed E-state index contributed by atoms with van der Waals surface area (Å²) in [4.78, 5) is 14.7. The van der Waals surface area contributed by atoms with E-state index in [1.807, 2.05) is 41.4 Å². The Kier molecular flexibility index (Phi) is 4.41. The van der Waals surface area contributed by atoms with Crippen LogP contribution in [0.3, 0.4) is 0 Å². The number of amides is 1. The van der Waals surface area contributed by atoms with Crippen molar-refractivity contribution in [3.63, 3.8) is 0 Å². The fourth-order valence-electron chi connectivity index (χ4n) is 3.59. The van der Waals surface area contributed by atoms with Crippen molar-refractivity contribution in [3.8, 4) is 5.69 Å². The minimum atomic E-state index is 0. The van der Waals surface area contributed by atoms with Gasteiger partial charge in [0, 0.05) is 31.2 Å². The van der Waals surface area contributed by atoms with E-state index in [4.69, 9.17) is 0 Å². The molecule has 1 unspecified atom stereocenters. The molecule has 1 amide bonds. The van der Waals surface area contributed by atoms with Gasteiger partial charge in [0.05, 0.1) is 17.4 Å². The second kappa shape index (κ2) is 6.34. The Morgan fingerprint density at radius 1 is 1.22 bits per heavy atom. The molecule has 0 bridgehead atoms. The predicted octanol–water partition coefficient (Wildman–Crippen LogP) is 2.12. The molecule has 23 heavy (non-hydrogen) atoms. The van der Waals surface area contributed by atoms with Gasteiger partial charge in [-0.05, 0) is 31.5 Å². The van der Waals surface area contributed by atoms with Crippen molar-refractivity contribution in [2.24, 2.45) is 5.41 Å². The topological polar surface area (TPSA) is 50.2 Å². The van der Waals surface area contributed by atoms with Crippen molar-refractivity contribution in [2.75, 3.05) is 26.2 Å². The van der Waals surface area contributed by atoms with E-state index in [9.17, 15) is 4.79 Å². The zero-order valence-electron chi connectivity index (χ0n) is 12.9. The maximum absolute atomic E-state index is 12.7. The van der Waals surface area contributed by atoms with Gasteiger partial charge in [-0.15, -0.1) is 12.4 Å². The number of carbonyl (C=O) groups is 1. The Hall–Kier alpha value is -1.85. The highest BCUT2D eigenvalue weighted by Crippen LogP contribution is 2.36. The first-order valence-corrected chi connectivity index (χ1v) is 7.86. The van der Waals surface area contributed by atoms with E-state index in [-0.39, 0.29) is 18.3 Å². The van der Waals surface area contributed by atoms with Gasteiger partial charge in [-0.3, -0.25) is 4.79 Å². The first-order chi connectivity index (χ1) is 10.8. The van der Waals surface area contributed by atoms with Crippen LogP contribution in [0, 0.1) is 5.41 Å². The molecule has 0 saturated carbocycles. The van der Waals surface area contributed by atoms with Crippen LogP contribution >= 0.6 is 12.4 Å². The largest absolute Gasteiger partial charge is 0.338 e. The van der Waals surface area contributed by atoms with Gasteiger partial charge in [0.2, 0.25) is 0 Å². The molecule has 3 heterocycles. The average Bonchev–Trinajstić information content (AvgIpc) is 3.30. The average molecular weight is 333 g/mol. The Labute approximate surface area is 142 Å². The van der Waals surface area contributed by atoms with E-state index in [0.29, 0.717) is 11.0 Å². The number of aromatic nitrogens is 2. The highest BCUT2D eigenvalue weighted by atomic mass is 35.5. The molecular weight excluding hydrogens is 312 g/mol. The van der Waals surface area contributed by atoms with Crippen molar-refractivity contribution >= 4 is 18.3 Å². The van der Waals surface area contributed by atoms with Crippen molar-refractivity contribution in [1.29, 1.82) is 0 Å². The number of para-hydroxylation sites is 1. The smallest absolute Gasteiger partial charge is 0.257 e. The summed E-state index contributed by atoms with van der Waals surface area (Å²) in [7, 11) is 0. The summed E-state index contributed by atoms with van der Waals surface area (Å²) in [5, 5.41) is 7.75. The summed E-state index contributed by atoms with van der Waals surface area (Å²) in [6, 6.07) is 9.87. The van der Waals surface area contributed by atoms with Crippen LogP contribution in [0.5, 0.6) is 0 Å². The maximum Gasteiger partial charge on any atom is 0.257 e. The third kappa shape index (κ3) is 2.99. The summed E-state index contributed by atoms with van der Waals surface area (Å²) in [5.41, 5.74) is 1.96. The van der Waals surface area contributed by atoms with E-state index < -0.39 is 0 Å². The van der Waals surface area contributed by atoms with E-state index in [1.165, 1.54) is 6.42 Å². The molecule has 1 N–H and O–H groups in total. The molecule has 5 nitrogen and oxygen atoms in total. The van der Waals surface area contributed by atoms with Crippen LogP contribution in [-0.2, 0) is 0 Å². The molecule has 2 saturated heterocycles. The zero-order chi connectivity index (χ0) is 15.0. The summed E-state index contributed by atoms with van der Waals surface area (Å²) in [6.07, 6.45) is 5.79. The summed E-state index contributed by atoms with van der Waals surface area (Å²) < 4.78 is 1.76. The lowest BCUT2D eigenvalue weighted by molar-refractivity contribution is 0.0775. The molecule has 2 aliphatic heterocycles. The SMILES string of the molecule is Cl.O=C(c1cnn(-c2ccccc2)c1)N1CCC2(CCNC2)C1. The summed E-state index contributed by atoms with van der Waals surface area (Å²) in [6.45, 7) is 3.85. The lowest BCUT2D eigenvalue weighted by Gasteiger charge is -2.22. The molecule has 122 valence electrons. The number of halogens is 1. The van der Waals surface area contributed by atoms with Crippen molar-refractivity contribution in [3.05, 3.63) is 48.3 Å². The molecule has 0 radical (unpaired) electrons. The second-order valence-electron chi connectivity index (χ2n) is 6.41. The number of carbonyl (C=O) groups excluding carboxylic acids is 1. The molecule has 1 atom stereocenters. The zero-order valence-corrected chi connectivity index (χ0v) is 13.8. The first kappa shape index (κ1) is 16.0. The third-order valence-corrected chi connectivity index (χ3v) is 4.91. The van der Waals surface area contributed by atoms with Gasteiger partial charge < -0.3 is 10.2 Å². The van der Waals surface area contributed by atoms with Crippen LogP contribution in [0.4, 0.5) is 0 Å². The van der Waals surface area contributed by atoms with Crippen molar-refractivity contribution in [1.82, 2.24) is 20.0 Å². The quantitative estimate of drug-likeness (QED) is 0.916. The number of nitrogens with one attached hydrogen (secondary N) is 1. The van der Waals surface area contributed by atoms with Crippen LogP contribution in [0.15, 0.2) is 42.7 Å². The van der Waals surface area contributed by atoms with E-state index in [2.05, 4.69) is 10.4 Å². The molecule has 4 rings (SSSR count). The standard InChI is InChI=1S/C17H20N4O.ClH/c22-16(20-9-7-17(13-20)6-8-18-12-17)14-10-19-21(11-14)15-4-2-1-3-5-15;/h1-5,10-11,18H,6-9,12-13H2;1H. The highest BCUT2D eigenvalue weighted by molar-refractivity contribution is 5.94. The van der Waals surface area contributed by atoms with Gasteiger partial charge in [0.25, 0.3) is 5.91 Å². The third-order valence-electron chi connectivity index (χ3n) is 4.91. The lowest BCUT2D eigenvalue weighted by Crippen LogP contribution is -2.33. The normalized spacial score (nSPS) is 23.2. The number of hydrogen-bond donors (Lipinski definition) is 1. The number of hydrogen-bond acceptors (Lipinski definition) is 3. The molecule has 1 spiro atoms. The van der Waals surface area contributed by atoms with Crippen molar-refractivity contribution in [2.45, 2.75) is 12.8 Å². The summed E-state index contributed by atoms with van der Waals surface area (Å²) in [5.74, 6) is 0.103. The Bertz CT molecular complexity index is 679. The molecule has 1 aromatic heterocycles. The van der Waals surface area contributed by atoms with Crippen LogP contribution in [-0.4, -0.2) is 46.8 Å². The number of benzene rings is 1. The van der Waals surface area contributed by atoms with E-state index >= 15 is 0 Å². The van der Waals surface area contributed by atoms with Crippen LogP contribution in [0.25, 0.3) is 5.69 Å². The monoisotopic (exact) mass is 332 g/mol. The van der Waals surface area contributed by atoms with Crippen LogP contribution < -0.4 is 5.32 Å². The van der Waals surface area contributed by atoms with Gasteiger partial charge >= 0.3 is 0 Å². The number of nitrogens with zero attached hydrogens (tertiary/aromatic N) is 3. The molecule has 1 aromatic carbocycles. The maximum atomic E-state index is 12.7. The van der Waals surface area contributed by atoms with Crippen molar-refractivity contribution < 1.29 is 4.79 Å². The molecule has 2 fully saturated rings. The number of likely N-dealkylation sites (tertiary alicyclic amines) is 1. The van der Waals surface area contributed by atoms with Gasteiger partial charge in [-0.25, -0.2) is 4.68 Å². The fourth-order valence-corrected chi connectivity index (χ4v) is 3.59. The molecule has 2 aromatic rings. The summed E-state index contributed by atoms with van der Waals surface area (Å²) >= 11 is 0. The van der Waals surface area contributed by atoms with Gasteiger partial charge in [0.1, 0.15) is 0 Å². The van der Waals surface area contributed by atoms with Gasteiger partial charge in [-0.2, -0.15) is 5.10 Å². The molecule has 6 heteroatoms. The van der Waals surface area contributed by atoms with Gasteiger partial charge in [0.15, 0.2) is 0 Å². The highest BCUT2D eigenvalue weighted by Gasteiger charge is 2.42. The minimum Gasteiger partial charge on any atom is -0.338 e. The Balaban J connectivity index is 0.00000156. The molecule has 0 aliphatic carbocycles. The first-order valence-electron chi connectivity index (χ1n) is 7.86. The number of rotatable bonds is 2. The molecule has 2 aliphatic rings. The van der Waals surface area contributed by atoms with E-state index in [0.717, 1.165) is 38.3 Å². The molecular formula is C17H21ClN4O.